The Kier molecular flexibility index (Phi) is 8.69. The molecule has 0 atom stereocenters. The molecule has 0 fully saturated rings. The lowest BCUT2D eigenvalue weighted by Gasteiger charge is -2.16. The number of benzene rings is 2. The largest absolute Gasteiger partial charge is 0.352 e. The zero-order valence-electron chi connectivity index (χ0n) is 20.6. The van der Waals surface area contributed by atoms with Gasteiger partial charge in [0.05, 0.1) is 13.0 Å². The third-order valence-corrected chi connectivity index (χ3v) is 5.71. The highest BCUT2D eigenvalue weighted by atomic mass is 16.7. The average molecular weight is 476 g/mol. The number of aryl methyl sites for hydroxylation is 1. The maximum Gasteiger partial charge on any atom is 0.205 e. The van der Waals surface area contributed by atoms with Crippen LogP contribution in [0.25, 0.3) is 22.5 Å². The molecule has 35 heavy (non-hydrogen) atoms. The lowest BCUT2D eigenvalue weighted by atomic mass is 9.98. The molecule has 2 aromatic carbocycles. The van der Waals surface area contributed by atoms with E-state index in [4.69, 9.17) is 19.6 Å². The van der Waals surface area contributed by atoms with Crippen molar-refractivity contribution >= 4 is 0 Å². The number of ether oxygens (including phenoxy) is 2. The summed E-state index contributed by atoms with van der Waals surface area (Å²) in [6, 6.07) is 16.5. The summed E-state index contributed by atoms with van der Waals surface area (Å²) < 4.78 is 13.5. The second kappa shape index (κ2) is 12.3. The Labute approximate surface area is 205 Å². The summed E-state index contributed by atoms with van der Waals surface area (Å²) in [5.41, 5.74) is 4.22. The van der Waals surface area contributed by atoms with Gasteiger partial charge in [-0.2, -0.15) is 10.3 Å². The molecule has 9 nitrogen and oxygen atoms in total. The number of aromatic nitrogens is 7. The van der Waals surface area contributed by atoms with Crippen LogP contribution in [0, 0.1) is 0 Å². The molecule has 0 aliphatic heterocycles. The summed E-state index contributed by atoms with van der Waals surface area (Å²) in [5.74, 6) is 2.34. The SMILES string of the molecule is CCCCc1nc(CC(OCC)OCC)n(Cc2ccc(-c3ccccc3-c3nn[nH]n3)cc2)n1. The molecule has 2 aromatic heterocycles. The van der Waals surface area contributed by atoms with Crippen molar-refractivity contribution in [3.05, 3.63) is 65.7 Å². The van der Waals surface area contributed by atoms with E-state index in [0.717, 1.165) is 53.2 Å². The quantitative estimate of drug-likeness (QED) is 0.285. The second-order valence-corrected chi connectivity index (χ2v) is 8.23. The Morgan fingerprint density at radius 1 is 0.943 bits per heavy atom. The molecule has 0 spiro atoms. The Morgan fingerprint density at radius 2 is 1.69 bits per heavy atom. The highest BCUT2D eigenvalue weighted by Crippen LogP contribution is 2.29. The van der Waals surface area contributed by atoms with Crippen LogP contribution >= 0.6 is 0 Å². The van der Waals surface area contributed by atoms with E-state index in [1.54, 1.807) is 0 Å². The summed E-state index contributed by atoms with van der Waals surface area (Å²) in [6.45, 7) is 7.94. The van der Waals surface area contributed by atoms with E-state index in [1.807, 2.05) is 36.7 Å². The number of unbranched alkanes of at least 4 members (excludes halogenated alkanes) is 1. The molecule has 4 aromatic rings. The zero-order valence-corrected chi connectivity index (χ0v) is 20.6. The summed E-state index contributed by atoms with van der Waals surface area (Å²) in [5, 5.41) is 19.3. The van der Waals surface area contributed by atoms with Gasteiger partial charge < -0.3 is 9.47 Å². The van der Waals surface area contributed by atoms with Crippen molar-refractivity contribution in [3.63, 3.8) is 0 Å². The van der Waals surface area contributed by atoms with E-state index in [2.05, 4.69) is 57.9 Å². The third-order valence-electron chi connectivity index (χ3n) is 5.71. The predicted octanol–water partition coefficient (Wildman–Crippen LogP) is 4.46. The van der Waals surface area contributed by atoms with Crippen LogP contribution < -0.4 is 0 Å². The van der Waals surface area contributed by atoms with Gasteiger partial charge in [0.15, 0.2) is 12.1 Å². The average Bonchev–Trinajstić information content (AvgIpc) is 3.54. The Hall–Kier alpha value is -3.43. The first-order valence-electron chi connectivity index (χ1n) is 12.3. The number of nitrogens with zero attached hydrogens (tertiary/aromatic N) is 6. The van der Waals surface area contributed by atoms with Crippen LogP contribution in [0.5, 0.6) is 0 Å². The molecular formula is C26H33N7O2. The van der Waals surface area contributed by atoms with Crippen LogP contribution in [0.4, 0.5) is 0 Å². The normalized spacial score (nSPS) is 11.4. The maximum absolute atomic E-state index is 5.77. The molecule has 184 valence electrons. The molecular weight excluding hydrogens is 442 g/mol. The molecule has 0 saturated carbocycles. The number of rotatable bonds is 13. The van der Waals surface area contributed by atoms with Crippen LogP contribution in [-0.4, -0.2) is 54.9 Å². The van der Waals surface area contributed by atoms with E-state index >= 15 is 0 Å². The molecule has 0 radical (unpaired) electrons. The third kappa shape index (κ3) is 6.37. The van der Waals surface area contributed by atoms with Crippen LogP contribution in [0.2, 0.25) is 0 Å². The van der Waals surface area contributed by atoms with Gasteiger partial charge in [-0.05, 0) is 42.2 Å². The molecule has 1 N–H and O–H groups in total. The first-order chi connectivity index (χ1) is 17.2. The number of hydrogen-bond donors (Lipinski definition) is 1. The fraction of sp³-hybridized carbons (Fsp3) is 0.423. The van der Waals surface area contributed by atoms with Gasteiger partial charge in [-0.15, -0.1) is 10.2 Å². The van der Waals surface area contributed by atoms with Gasteiger partial charge in [0.2, 0.25) is 5.82 Å². The van der Waals surface area contributed by atoms with Gasteiger partial charge in [0.1, 0.15) is 5.82 Å². The minimum Gasteiger partial charge on any atom is -0.352 e. The number of H-pyrrole nitrogens is 1. The van der Waals surface area contributed by atoms with Crippen molar-refractivity contribution in [1.29, 1.82) is 0 Å². The number of tetrazole rings is 1. The maximum atomic E-state index is 5.77. The molecule has 2 heterocycles. The Bertz CT molecular complexity index is 1170. The second-order valence-electron chi connectivity index (χ2n) is 8.23. The van der Waals surface area contributed by atoms with Crippen LogP contribution in [-0.2, 0) is 28.9 Å². The highest BCUT2D eigenvalue weighted by molar-refractivity contribution is 5.80. The number of nitrogens with one attached hydrogen (secondary N) is 1. The van der Waals surface area contributed by atoms with Crippen LogP contribution in [0.15, 0.2) is 48.5 Å². The van der Waals surface area contributed by atoms with Gasteiger partial charge in [-0.3, -0.25) is 0 Å². The summed E-state index contributed by atoms with van der Waals surface area (Å²) in [4.78, 5) is 4.82. The van der Waals surface area contributed by atoms with E-state index in [9.17, 15) is 0 Å². The van der Waals surface area contributed by atoms with Gasteiger partial charge in [-0.1, -0.05) is 61.9 Å². The lowest BCUT2D eigenvalue weighted by Crippen LogP contribution is -2.22. The van der Waals surface area contributed by atoms with Crippen molar-refractivity contribution in [2.75, 3.05) is 13.2 Å². The molecule has 0 saturated heterocycles. The zero-order chi connectivity index (χ0) is 24.5. The minimum atomic E-state index is -0.323. The first kappa shape index (κ1) is 24.7. The smallest absolute Gasteiger partial charge is 0.205 e. The van der Waals surface area contributed by atoms with E-state index < -0.39 is 0 Å². The van der Waals surface area contributed by atoms with E-state index in [0.29, 0.717) is 32.0 Å². The van der Waals surface area contributed by atoms with Gasteiger partial charge >= 0.3 is 0 Å². The molecule has 0 unspecified atom stereocenters. The monoisotopic (exact) mass is 475 g/mol. The minimum absolute atomic E-state index is 0.323. The molecule has 9 heteroatoms. The fourth-order valence-electron chi connectivity index (χ4n) is 4.00. The lowest BCUT2D eigenvalue weighted by molar-refractivity contribution is -0.135. The van der Waals surface area contributed by atoms with Crippen molar-refractivity contribution in [1.82, 2.24) is 35.4 Å². The summed E-state index contributed by atoms with van der Waals surface area (Å²) in [6.07, 6.45) is 3.29. The van der Waals surface area contributed by atoms with Crippen molar-refractivity contribution in [3.8, 4) is 22.5 Å². The topological polar surface area (TPSA) is 104 Å². The highest BCUT2D eigenvalue weighted by Gasteiger charge is 2.17. The van der Waals surface area contributed by atoms with E-state index in [1.165, 1.54) is 0 Å². The molecule has 0 aliphatic rings. The summed E-state index contributed by atoms with van der Waals surface area (Å²) in [7, 11) is 0. The molecule has 0 bridgehead atoms. The molecule has 0 amide bonds. The number of aromatic amines is 1. The van der Waals surface area contributed by atoms with Gasteiger partial charge in [-0.25, -0.2) is 9.67 Å². The molecule has 0 aliphatic carbocycles. The predicted molar refractivity (Wildman–Crippen MR) is 134 cm³/mol. The van der Waals surface area contributed by atoms with Crippen LogP contribution in [0.3, 0.4) is 0 Å². The fourth-order valence-corrected chi connectivity index (χ4v) is 4.00. The van der Waals surface area contributed by atoms with Crippen molar-refractivity contribution in [2.45, 2.75) is 59.3 Å². The van der Waals surface area contributed by atoms with Gasteiger partial charge in [0, 0.05) is 25.2 Å². The van der Waals surface area contributed by atoms with Crippen molar-refractivity contribution < 1.29 is 9.47 Å². The summed E-state index contributed by atoms with van der Waals surface area (Å²) >= 11 is 0. The Balaban J connectivity index is 1.56. The number of hydrogen-bond acceptors (Lipinski definition) is 7. The first-order valence-corrected chi connectivity index (χ1v) is 12.3. The Morgan fingerprint density at radius 3 is 2.34 bits per heavy atom. The van der Waals surface area contributed by atoms with Crippen molar-refractivity contribution in [2.24, 2.45) is 0 Å². The standard InChI is InChI=1S/C26H33N7O2/c1-4-7-12-23-27-24(17-25(34-5-2)35-6-3)33(30-23)18-19-13-15-20(16-14-19)21-10-8-9-11-22(21)26-28-31-32-29-26/h8-11,13-16,25H,4-7,12,17-18H2,1-3H3,(H,28,29,31,32). The van der Waals surface area contributed by atoms with Gasteiger partial charge in [0.25, 0.3) is 0 Å². The molecule has 4 rings (SSSR count). The van der Waals surface area contributed by atoms with Crippen LogP contribution in [0.1, 0.15) is 50.8 Å². The van der Waals surface area contributed by atoms with E-state index in [-0.39, 0.29) is 6.29 Å².